The van der Waals surface area contributed by atoms with Crippen molar-refractivity contribution in [2.75, 3.05) is 20.5 Å². The molecule has 43 heavy (non-hydrogen) atoms. The van der Waals surface area contributed by atoms with E-state index in [1.54, 1.807) is 42.5 Å². The van der Waals surface area contributed by atoms with Crippen LogP contribution in [0.4, 0.5) is 0 Å². The second kappa shape index (κ2) is 14.7. The SMILES string of the molecule is CCCOc1cc2c(c(OCOC)c1)C(=O)OC(C)[C@H](C)/C=C\C(OC(=O)c1ccccc1)C1OC(C)(C)OC1C/C=C/2. The highest BCUT2D eigenvalue weighted by Gasteiger charge is 2.45. The Balaban J connectivity index is 1.74. The maximum atomic E-state index is 13.6. The second-order valence-corrected chi connectivity index (χ2v) is 11.2. The first-order chi connectivity index (χ1) is 20.6. The topological polar surface area (TPSA) is 98.8 Å². The van der Waals surface area contributed by atoms with Gasteiger partial charge in [-0.15, -0.1) is 0 Å². The van der Waals surface area contributed by atoms with Gasteiger partial charge in [-0.2, -0.15) is 0 Å². The van der Waals surface area contributed by atoms with Gasteiger partial charge in [-0.1, -0.05) is 50.3 Å². The van der Waals surface area contributed by atoms with Gasteiger partial charge < -0.3 is 33.2 Å². The molecule has 2 aromatic carbocycles. The summed E-state index contributed by atoms with van der Waals surface area (Å²) in [4.78, 5) is 26.7. The van der Waals surface area contributed by atoms with E-state index in [-0.39, 0.29) is 18.3 Å². The third-order valence-electron chi connectivity index (χ3n) is 7.22. The van der Waals surface area contributed by atoms with E-state index >= 15 is 0 Å². The summed E-state index contributed by atoms with van der Waals surface area (Å²) in [5, 5.41) is 0. The highest BCUT2D eigenvalue weighted by molar-refractivity contribution is 5.97. The van der Waals surface area contributed by atoms with Crippen LogP contribution in [0.15, 0.2) is 60.7 Å². The number of esters is 2. The van der Waals surface area contributed by atoms with Gasteiger partial charge in [-0.3, -0.25) is 0 Å². The first-order valence-electron chi connectivity index (χ1n) is 14.7. The van der Waals surface area contributed by atoms with Gasteiger partial charge in [0.15, 0.2) is 12.6 Å². The fourth-order valence-electron chi connectivity index (χ4n) is 4.91. The van der Waals surface area contributed by atoms with E-state index in [0.29, 0.717) is 35.7 Å². The zero-order valence-corrected chi connectivity index (χ0v) is 25.7. The summed E-state index contributed by atoms with van der Waals surface area (Å²) in [6.07, 6.45) is 6.32. The van der Waals surface area contributed by atoms with Gasteiger partial charge >= 0.3 is 11.9 Å². The molecule has 5 atom stereocenters. The molecule has 2 aromatic rings. The van der Waals surface area contributed by atoms with E-state index < -0.39 is 42.1 Å². The third-order valence-corrected chi connectivity index (χ3v) is 7.22. The summed E-state index contributed by atoms with van der Waals surface area (Å²) in [5.41, 5.74) is 1.27. The zero-order chi connectivity index (χ0) is 31.0. The predicted molar refractivity (Wildman–Crippen MR) is 161 cm³/mol. The lowest BCUT2D eigenvalue weighted by molar-refractivity contribution is -0.152. The molecule has 0 amide bonds. The Hall–Kier alpha value is -3.66. The van der Waals surface area contributed by atoms with E-state index in [0.717, 1.165) is 6.42 Å². The molecule has 0 N–H and O–H groups in total. The van der Waals surface area contributed by atoms with Gasteiger partial charge in [0.25, 0.3) is 0 Å². The van der Waals surface area contributed by atoms with Crippen LogP contribution >= 0.6 is 0 Å². The Morgan fingerprint density at radius 2 is 1.81 bits per heavy atom. The van der Waals surface area contributed by atoms with Crippen molar-refractivity contribution in [3.63, 3.8) is 0 Å². The molecule has 2 aliphatic rings. The molecule has 232 valence electrons. The van der Waals surface area contributed by atoms with E-state index in [1.807, 2.05) is 58.9 Å². The minimum Gasteiger partial charge on any atom is -0.493 e. The van der Waals surface area contributed by atoms with Crippen molar-refractivity contribution in [2.24, 2.45) is 5.92 Å². The van der Waals surface area contributed by atoms with Crippen LogP contribution in [-0.2, 0) is 23.7 Å². The first kappa shape index (κ1) is 32.3. The maximum absolute atomic E-state index is 13.6. The average Bonchev–Trinajstić information content (AvgIpc) is 3.30. The van der Waals surface area contributed by atoms with Crippen molar-refractivity contribution in [1.82, 2.24) is 0 Å². The quantitative estimate of drug-likeness (QED) is 0.196. The van der Waals surface area contributed by atoms with Crippen LogP contribution in [-0.4, -0.2) is 62.7 Å². The number of methoxy groups -OCH3 is 1. The molecular weight excluding hydrogens is 552 g/mol. The lowest BCUT2D eigenvalue weighted by atomic mass is 9.98. The summed E-state index contributed by atoms with van der Waals surface area (Å²) in [6.45, 7) is 9.88. The number of benzene rings is 2. The summed E-state index contributed by atoms with van der Waals surface area (Å²) in [7, 11) is 1.51. The highest BCUT2D eigenvalue weighted by Crippen LogP contribution is 2.36. The fraction of sp³-hybridized carbons (Fsp3) is 0.471. The highest BCUT2D eigenvalue weighted by atomic mass is 16.8. The number of rotatable bonds is 8. The van der Waals surface area contributed by atoms with Crippen molar-refractivity contribution < 1.29 is 42.7 Å². The molecule has 0 spiro atoms. The van der Waals surface area contributed by atoms with Gasteiger partial charge in [0.1, 0.15) is 35.4 Å². The number of hydrogen-bond donors (Lipinski definition) is 0. The lowest BCUT2D eigenvalue weighted by Gasteiger charge is -2.25. The molecule has 9 heteroatoms. The van der Waals surface area contributed by atoms with Crippen LogP contribution in [0.3, 0.4) is 0 Å². The summed E-state index contributed by atoms with van der Waals surface area (Å²) >= 11 is 0. The Morgan fingerprint density at radius 3 is 2.53 bits per heavy atom. The molecule has 2 aliphatic heterocycles. The largest absolute Gasteiger partial charge is 0.493 e. The molecule has 9 nitrogen and oxygen atoms in total. The number of hydrogen-bond acceptors (Lipinski definition) is 9. The molecule has 1 saturated heterocycles. The Morgan fingerprint density at radius 1 is 1.05 bits per heavy atom. The summed E-state index contributed by atoms with van der Waals surface area (Å²) < 4.78 is 41.4. The molecule has 1 fully saturated rings. The van der Waals surface area contributed by atoms with Crippen LogP contribution in [0.2, 0.25) is 0 Å². The minimum atomic E-state index is -0.902. The van der Waals surface area contributed by atoms with E-state index in [1.165, 1.54) is 7.11 Å². The fourth-order valence-corrected chi connectivity index (χ4v) is 4.91. The van der Waals surface area contributed by atoms with Crippen LogP contribution in [0.1, 0.15) is 73.7 Å². The van der Waals surface area contributed by atoms with E-state index in [9.17, 15) is 9.59 Å². The molecule has 0 aliphatic carbocycles. The smallest absolute Gasteiger partial charge is 0.342 e. The zero-order valence-electron chi connectivity index (χ0n) is 25.7. The van der Waals surface area contributed by atoms with Crippen LogP contribution in [0, 0.1) is 5.92 Å². The molecule has 0 saturated carbocycles. The minimum absolute atomic E-state index is 0.0531. The van der Waals surface area contributed by atoms with Gasteiger partial charge in [-0.25, -0.2) is 9.59 Å². The first-order valence-corrected chi connectivity index (χ1v) is 14.7. The molecule has 0 bridgehead atoms. The Labute approximate surface area is 253 Å². The lowest BCUT2D eigenvalue weighted by Crippen LogP contribution is -2.37. The normalized spacial score (nSPS) is 26.7. The number of carbonyl (C=O) groups excluding carboxylic acids is 2. The molecule has 0 radical (unpaired) electrons. The molecule has 0 aromatic heterocycles. The summed E-state index contributed by atoms with van der Waals surface area (Å²) in [6, 6.07) is 12.3. The number of cyclic esters (lactones) is 1. The summed E-state index contributed by atoms with van der Waals surface area (Å²) in [5.74, 6) is -1.28. The number of carbonyl (C=O) groups is 2. The number of fused-ring (bicyclic) bond motifs is 2. The van der Waals surface area contributed by atoms with E-state index in [4.69, 9.17) is 33.2 Å². The van der Waals surface area contributed by atoms with Gasteiger partial charge in [-0.05, 0) is 63.5 Å². The molecule has 4 rings (SSSR count). The van der Waals surface area contributed by atoms with E-state index in [2.05, 4.69) is 0 Å². The predicted octanol–water partition coefficient (Wildman–Crippen LogP) is 6.36. The molecule has 2 heterocycles. The van der Waals surface area contributed by atoms with Gasteiger partial charge in [0, 0.05) is 19.1 Å². The molecular formula is C34H42O9. The van der Waals surface area contributed by atoms with Crippen molar-refractivity contribution in [1.29, 1.82) is 0 Å². The van der Waals surface area contributed by atoms with Crippen LogP contribution < -0.4 is 9.47 Å². The Kier molecular flexibility index (Phi) is 11.0. The monoisotopic (exact) mass is 594 g/mol. The second-order valence-electron chi connectivity index (χ2n) is 11.2. The Bertz CT molecular complexity index is 1300. The third kappa shape index (κ3) is 8.46. The number of ether oxygens (including phenoxy) is 7. The molecule has 4 unspecified atom stereocenters. The van der Waals surface area contributed by atoms with Crippen molar-refractivity contribution in [2.45, 2.75) is 77.7 Å². The van der Waals surface area contributed by atoms with Crippen LogP contribution in [0.25, 0.3) is 6.08 Å². The average molecular weight is 595 g/mol. The maximum Gasteiger partial charge on any atom is 0.342 e. The van der Waals surface area contributed by atoms with Gasteiger partial charge in [0.05, 0.1) is 18.3 Å². The van der Waals surface area contributed by atoms with Crippen LogP contribution in [0.5, 0.6) is 11.5 Å². The standard InChI is InChI=1S/C34H42O9/c1-7-18-38-26-19-25-14-11-15-28-31(43-34(4,5)42-28)27(41-32(35)24-12-9-8-10-13-24)17-16-22(2)23(3)40-33(36)30(25)29(20-26)39-21-37-6/h8-14,16-17,19-20,22-23,27-28,31H,7,15,18,21H2,1-6H3/b14-11+,17-16-/t22-,23?,27?,28?,31?/m1/s1. The van der Waals surface area contributed by atoms with Crippen molar-refractivity contribution in [3.8, 4) is 11.5 Å². The van der Waals surface area contributed by atoms with Crippen molar-refractivity contribution in [3.05, 3.63) is 77.4 Å². The van der Waals surface area contributed by atoms with Crippen molar-refractivity contribution >= 4 is 18.0 Å². The van der Waals surface area contributed by atoms with Gasteiger partial charge in [0.2, 0.25) is 0 Å².